The molecule has 0 N–H and O–H groups in total. The molecule has 0 aliphatic heterocycles. The van der Waals surface area contributed by atoms with Crippen molar-refractivity contribution in [3.8, 4) is 0 Å². The number of quaternary nitrogens is 1. The van der Waals surface area contributed by atoms with Gasteiger partial charge in [-0.1, -0.05) is 45.4 Å². The van der Waals surface area contributed by atoms with Gasteiger partial charge in [0.15, 0.2) is 0 Å². The van der Waals surface area contributed by atoms with Crippen LogP contribution >= 0.6 is 0 Å². The monoisotopic (exact) mass is 214 g/mol. The standard InChI is InChI=1S/C13H30N.BH3/c1-5-6-7-8-9-10-11-12-13-14(2,3)4;/h5-13H2,1-4H3;1H3/q+1;. The number of unbranched alkanes of at least 4 members (excludes halogenated alkanes) is 7. The molecule has 0 aromatic rings. The van der Waals surface area contributed by atoms with Crippen LogP contribution in [0.3, 0.4) is 0 Å². The van der Waals surface area contributed by atoms with E-state index in [0.29, 0.717) is 0 Å². The van der Waals surface area contributed by atoms with E-state index in [1.165, 1.54) is 57.9 Å². The normalized spacial score (nSPS) is 11.2. The first-order valence-corrected chi connectivity index (χ1v) is 6.36. The van der Waals surface area contributed by atoms with Crippen LogP contribution in [0.15, 0.2) is 0 Å². The minimum atomic E-state index is 0. The minimum absolute atomic E-state index is 0. The summed E-state index contributed by atoms with van der Waals surface area (Å²) in [7, 11) is 6.84. The first-order chi connectivity index (χ1) is 6.56. The molecule has 0 aromatic heterocycles. The molecule has 0 amide bonds. The Morgan fingerprint density at radius 1 is 0.667 bits per heavy atom. The summed E-state index contributed by atoms with van der Waals surface area (Å²) < 4.78 is 1.12. The van der Waals surface area contributed by atoms with Gasteiger partial charge in [0.25, 0.3) is 0 Å². The molecule has 0 fully saturated rings. The fourth-order valence-corrected chi connectivity index (χ4v) is 1.72. The van der Waals surface area contributed by atoms with Crippen molar-refractivity contribution in [1.82, 2.24) is 0 Å². The Bertz CT molecular complexity index is 118. The smallest absolute Gasteiger partial charge is 0.0814 e. The summed E-state index contributed by atoms with van der Waals surface area (Å²) in [5, 5.41) is 0. The van der Waals surface area contributed by atoms with Gasteiger partial charge in [-0.25, -0.2) is 0 Å². The van der Waals surface area contributed by atoms with Crippen LogP contribution in [-0.4, -0.2) is 40.6 Å². The van der Waals surface area contributed by atoms with Crippen LogP contribution < -0.4 is 0 Å². The van der Waals surface area contributed by atoms with Crippen molar-refractivity contribution in [3.05, 3.63) is 0 Å². The molecule has 0 aliphatic carbocycles. The molecule has 0 saturated heterocycles. The van der Waals surface area contributed by atoms with Gasteiger partial charge in [-0.2, -0.15) is 0 Å². The summed E-state index contributed by atoms with van der Waals surface area (Å²) in [6, 6.07) is 0. The highest BCUT2D eigenvalue weighted by atomic mass is 15.3. The molecule has 0 rings (SSSR count). The van der Waals surface area contributed by atoms with E-state index < -0.39 is 0 Å². The summed E-state index contributed by atoms with van der Waals surface area (Å²) in [6.07, 6.45) is 11.4. The van der Waals surface area contributed by atoms with E-state index in [4.69, 9.17) is 0 Å². The summed E-state index contributed by atoms with van der Waals surface area (Å²) in [5.41, 5.74) is 0. The van der Waals surface area contributed by atoms with Crippen molar-refractivity contribution >= 4 is 8.41 Å². The summed E-state index contributed by atoms with van der Waals surface area (Å²) >= 11 is 0. The SMILES string of the molecule is B.CCCCCCCCCC[N+](C)(C)C. The molecule has 0 spiro atoms. The maximum absolute atomic E-state index is 2.28. The molecule has 1 nitrogen and oxygen atoms in total. The van der Waals surface area contributed by atoms with E-state index in [-0.39, 0.29) is 8.41 Å². The number of hydrogen-bond acceptors (Lipinski definition) is 0. The van der Waals surface area contributed by atoms with Gasteiger partial charge in [-0.05, 0) is 12.8 Å². The molecule has 0 aliphatic rings. The quantitative estimate of drug-likeness (QED) is 0.314. The van der Waals surface area contributed by atoms with Crippen molar-refractivity contribution in [2.24, 2.45) is 0 Å². The predicted molar refractivity (Wildman–Crippen MR) is 75.4 cm³/mol. The van der Waals surface area contributed by atoms with Crippen molar-refractivity contribution in [2.45, 2.75) is 58.3 Å². The van der Waals surface area contributed by atoms with Crippen LogP contribution in [0.4, 0.5) is 0 Å². The van der Waals surface area contributed by atoms with E-state index in [1.807, 2.05) is 0 Å². The molecule has 0 aromatic carbocycles. The second kappa shape index (κ2) is 10.5. The van der Waals surface area contributed by atoms with Gasteiger partial charge in [0.1, 0.15) is 0 Å². The molecule has 2 heteroatoms. The summed E-state index contributed by atoms with van der Waals surface area (Å²) in [5.74, 6) is 0. The van der Waals surface area contributed by atoms with Gasteiger partial charge < -0.3 is 4.48 Å². The van der Waals surface area contributed by atoms with Gasteiger partial charge in [0.2, 0.25) is 0 Å². The third-order valence-electron chi connectivity index (χ3n) is 2.68. The molecule has 0 saturated carbocycles. The Hall–Kier alpha value is 0.0249. The third kappa shape index (κ3) is 16.7. The van der Waals surface area contributed by atoms with E-state index in [2.05, 4.69) is 28.1 Å². The average Bonchev–Trinajstić information content (AvgIpc) is 2.08. The number of hydrogen-bond donors (Lipinski definition) is 0. The van der Waals surface area contributed by atoms with Crippen molar-refractivity contribution < 1.29 is 4.48 Å². The highest BCUT2D eigenvalue weighted by Gasteiger charge is 2.04. The molecular weight excluding hydrogens is 181 g/mol. The summed E-state index contributed by atoms with van der Waals surface area (Å²) in [6.45, 7) is 3.61. The van der Waals surface area contributed by atoms with E-state index in [9.17, 15) is 0 Å². The van der Waals surface area contributed by atoms with Crippen LogP contribution in [0.5, 0.6) is 0 Å². The van der Waals surface area contributed by atoms with Gasteiger partial charge in [0.05, 0.1) is 36.1 Å². The van der Waals surface area contributed by atoms with Gasteiger partial charge >= 0.3 is 0 Å². The Labute approximate surface area is 99.4 Å². The van der Waals surface area contributed by atoms with Crippen LogP contribution in [0.25, 0.3) is 0 Å². The van der Waals surface area contributed by atoms with E-state index in [0.717, 1.165) is 4.48 Å². The lowest BCUT2D eigenvalue weighted by Gasteiger charge is -2.23. The fraction of sp³-hybridized carbons (Fsp3) is 1.00. The topological polar surface area (TPSA) is 0 Å². The second-order valence-electron chi connectivity index (χ2n) is 5.49. The molecular formula is C13H33BN+. The van der Waals surface area contributed by atoms with Crippen molar-refractivity contribution in [3.63, 3.8) is 0 Å². The maximum atomic E-state index is 2.28. The second-order valence-corrected chi connectivity index (χ2v) is 5.49. The Morgan fingerprint density at radius 3 is 1.47 bits per heavy atom. The number of nitrogens with zero attached hydrogens (tertiary/aromatic N) is 1. The molecule has 0 unspecified atom stereocenters. The lowest BCUT2D eigenvalue weighted by atomic mass is 10.1. The Kier molecular flexibility index (Phi) is 12.2. The zero-order valence-electron chi connectivity index (χ0n) is 10.8. The lowest BCUT2D eigenvalue weighted by Crippen LogP contribution is -2.35. The van der Waals surface area contributed by atoms with Crippen molar-refractivity contribution in [2.75, 3.05) is 27.7 Å². The van der Waals surface area contributed by atoms with Crippen LogP contribution in [0, 0.1) is 0 Å². The Balaban J connectivity index is 0. The first kappa shape index (κ1) is 17.4. The largest absolute Gasteiger partial charge is 0.331 e. The number of rotatable bonds is 9. The molecule has 0 heterocycles. The average molecular weight is 214 g/mol. The fourth-order valence-electron chi connectivity index (χ4n) is 1.72. The zero-order valence-corrected chi connectivity index (χ0v) is 10.8. The highest BCUT2D eigenvalue weighted by molar-refractivity contribution is 5.75. The Morgan fingerprint density at radius 2 is 1.07 bits per heavy atom. The lowest BCUT2D eigenvalue weighted by molar-refractivity contribution is -0.870. The molecule has 15 heavy (non-hydrogen) atoms. The minimum Gasteiger partial charge on any atom is -0.331 e. The van der Waals surface area contributed by atoms with E-state index in [1.54, 1.807) is 0 Å². The predicted octanol–water partition coefficient (Wildman–Crippen LogP) is 2.65. The molecule has 92 valence electrons. The zero-order chi connectivity index (χ0) is 10.9. The van der Waals surface area contributed by atoms with E-state index >= 15 is 0 Å². The molecule has 0 radical (unpaired) electrons. The maximum Gasteiger partial charge on any atom is 0.0814 e. The van der Waals surface area contributed by atoms with Crippen LogP contribution in [0.2, 0.25) is 0 Å². The first-order valence-electron chi connectivity index (χ1n) is 6.36. The molecule has 0 bridgehead atoms. The van der Waals surface area contributed by atoms with Crippen molar-refractivity contribution in [1.29, 1.82) is 0 Å². The van der Waals surface area contributed by atoms with Gasteiger partial charge in [0, 0.05) is 0 Å². The highest BCUT2D eigenvalue weighted by Crippen LogP contribution is 2.09. The van der Waals surface area contributed by atoms with Gasteiger partial charge in [-0.15, -0.1) is 0 Å². The summed E-state index contributed by atoms with van der Waals surface area (Å²) in [4.78, 5) is 0. The van der Waals surface area contributed by atoms with Gasteiger partial charge in [-0.3, -0.25) is 0 Å². The molecule has 0 atom stereocenters. The van der Waals surface area contributed by atoms with Crippen LogP contribution in [0.1, 0.15) is 58.3 Å². The van der Waals surface area contributed by atoms with Crippen LogP contribution in [-0.2, 0) is 0 Å². The third-order valence-corrected chi connectivity index (χ3v) is 2.68.